The number of aliphatic hydroxyl groups is 1. The lowest BCUT2D eigenvalue weighted by atomic mass is 9.98. The average Bonchev–Trinajstić information content (AvgIpc) is 3.04. The van der Waals surface area contributed by atoms with Gasteiger partial charge in [-0.25, -0.2) is 4.39 Å². The van der Waals surface area contributed by atoms with Gasteiger partial charge < -0.3 is 10.0 Å². The summed E-state index contributed by atoms with van der Waals surface area (Å²) in [6, 6.07) is 6.45. The lowest BCUT2D eigenvalue weighted by Crippen LogP contribution is -2.49. The molecule has 5 heteroatoms. The van der Waals surface area contributed by atoms with E-state index < -0.39 is 0 Å². The number of piperidine rings is 1. The van der Waals surface area contributed by atoms with Crippen LogP contribution in [0.5, 0.6) is 0 Å². The van der Waals surface area contributed by atoms with Gasteiger partial charge in [-0.15, -0.1) is 0 Å². The van der Waals surface area contributed by atoms with Crippen LogP contribution in [0, 0.1) is 11.7 Å². The molecule has 4 nitrogen and oxygen atoms in total. The molecule has 2 aliphatic heterocycles. The third kappa shape index (κ3) is 3.90. The highest BCUT2D eigenvalue weighted by atomic mass is 19.1. The van der Waals surface area contributed by atoms with Crippen molar-refractivity contribution in [3.05, 3.63) is 35.6 Å². The molecule has 1 N–H and O–H groups in total. The fourth-order valence-electron chi connectivity index (χ4n) is 3.74. The Labute approximate surface area is 136 Å². The fraction of sp³-hybridized carbons (Fsp3) is 0.611. The topological polar surface area (TPSA) is 43.8 Å². The van der Waals surface area contributed by atoms with Gasteiger partial charge in [-0.05, 0) is 55.8 Å². The second-order valence-electron chi connectivity index (χ2n) is 6.73. The highest BCUT2D eigenvalue weighted by Gasteiger charge is 2.35. The zero-order valence-corrected chi connectivity index (χ0v) is 13.5. The zero-order chi connectivity index (χ0) is 16.2. The van der Waals surface area contributed by atoms with Crippen LogP contribution in [0.4, 0.5) is 4.39 Å². The van der Waals surface area contributed by atoms with Crippen LogP contribution in [0.2, 0.25) is 0 Å². The molecule has 0 radical (unpaired) electrons. The molecule has 1 aromatic rings. The van der Waals surface area contributed by atoms with Crippen molar-refractivity contribution >= 4 is 5.91 Å². The van der Waals surface area contributed by atoms with E-state index in [1.807, 2.05) is 4.90 Å². The molecule has 2 saturated heterocycles. The van der Waals surface area contributed by atoms with E-state index in [2.05, 4.69) is 4.90 Å². The van der Waals surface area contributed by atoms with Crippen molar-refractivity contribution < 1.29 is 14.3 Å². The molecule has 1 aromatic carbocycles. The van der Waals surface area contributed by atoms with E-state index in [0.717, 1.165) is 44.3 Å². The molecule has 126 valence electrons. The number of amides is 1. The van der Waals surface area contributed by atoms with Gasteiger partial charge in [0.1, 0.15) is 5.82 Å². The fourth-order valence-corrected chi connectivity index (χ4v) is 3.74. The van der Waals surface area contributed by atoms with E-state index in [-0.39, 0.29) is 30.3 Å². The van der Waals surface area contributed by atoms with E-state index in [9.17, 15) is 14.3 Å². The minimum absolute atomic E-state index is 0.0718. The highest BCUT2D eigenvalue weighted by Crippen LogP contribution is 2.24. The van der Waals surface area contributed by atoms with E-state index >= 15 is 0 Å². The SMILES string of the molecule is O=C(C1CCCN1Cc1ccc(F)cc1)N1CCCC(CO)C1. The van der Waals surface area contributed by atoms with Gasteiger partial charge in [0.15, 0.2) is 0 Å². The molecule has 2 unspecified atom stereocenters. The first-order valence-corrected chi connectivity index (χ1v) is 8.55. The Morgan fingerprint density at radius 1 is 1.17 bits per heavy atom. The Kier molecular flexibility index (Phi) is 5.28. The van der Waals surface area contributed by atoms with Gasteiger partial charge >= 0.3 is 0 Å². The molecule has 0 spiro atoms. The number of benzene rings is 1. The van der Waals surface area contributed by atoms with Crippen LogP contribution >= 0.6 is 0 Å². The summed E-state index contributed by atoms with van der Waals surface area (Å²) in [6.45, 7) is 3.24. The minimum Gasteiger partial charge on any atom is -0.396 e. The lowest BCUT2D eigenvalue weighted by Gasteiger charge is -2.35. The second kappa shape index (κ2) is 7.41. The van der Waals surface area contributed by atoms with Gasteiger partial charge in [-0.3, -0.25) is 9.69 Å². The average molecular weight is 320 g/mol. The van der Waals surface area contributed by atoms with Gasteiger partial charge in [0.25, 0.3) is 0 Å². The maximum atomic E-state index is 13.0. The number of halogens is 1. The van der Waals surface area contributed by atoms with Gasteiger partial charge in [0, 0.05) is 26.2 Å². The molecule has 0 aromatic heterocycles. The molecule has 23 heavy (non-hydrogen) atoms. The van der Waals surface area contributed by atoms with Crippen molar-refractivity contribution in [2.45, 2.75) is 38.3 Å². The van der Waals surface area contributed by atoms with Crippen LogP contribution < -0.4 is 0 Å². The van der Waals surface area contributed by atoms with Crippen LogP contribution in [0.3, 0.4) is 0 Å². The van der Waals surface area contributed by atoms with Crippen molar-refractivity contribution in [3.63, 3.8) is 0 Å². The Hall–Kier alpha value is -1.46. The summed E-state index contributed by atoms with van der Waals surface area (Å²) in [4.78, 5) is 17.0. The van der Waals surface area contributed by atoms with Gasteiger partial charge in [0.05, 0.1) is 6.04 Å². The van der Waals surface area contributed by atoms with Crippen molar-refractivity contribution in [2.75, 3.05) is 26.2 Å². The van der Waals surface area contributed by atoms with E-state index in [0.29, 0.717) is 13.1 Å². The Morgan fingerprint density at radius 2 is 1.91 bits per heavy atom. The van der Waals surface area contributed by atoms with Gasteiger partial charge in [0.2, 0.25) is 5.91 Å². The molecular formula is C18H25FN2O2. The van der Waals surface area contributed by atoms with Crippen LogP contribution in [-0.4, -0.2) is 53.1 Å². The number of nitrogens with zero attached hydrogens (tertiary/aromatic N) is 2. The van der Waals surface area contributed by atoms with Crippen LogP contribution in [-0.2, 0) is 11.3 Å². The number of carbonyl (C=O) groups excluding carboxylic acids is 1. The molecule has 0 aliphatic carbocycles. The smallest absolute Gasteiger partial charge is 0.239 e. The number of hydrogen-bond acceptors (Lipinski definition) is 3. The number of rotatable bonds is 4. The first kappa shape index (κ1) is 16.4. The van der Waals surface area contributed by atoms with Crippen molar-refractivity contribution in [3.8, 4) is 0 Å². The summed E-state index contributed by atoms with van der Waals surface area (Å²) in [5.74, 6) is 0.188. The van der Waals surface area contributed by atoms with Gasteiger partial charge in [-0.2, -0.15) is 0 Å². The Balaban J connectivity index is 1.63. The maximum absolute atomic E-state index is 13.0. The molecule has 2 heterocycles. The van der Waals surface area contributed by atoms with Crippen molar-refractivity contribution in [1.29, 1.82) is 0 Å². The predicted octanol–water partition coefficient (Wildman–Crippen LogP) is 2.02. The third-order valence-electron chi connectivity index (χ3n) is 5.04. The summed E-state index contributed by atoms with van der Waals surface area (Å²) in [5, 5.41) is 9.35. The lowest BCUT2D eigenvalue weighted by molar-refractivity contribution is -0.138. The number of aliphatic hydroxyl groups excluding tert-OH is 1. The summed E-state index contributed by atoms with van der Waals surface area (Å²) in [7, 11) is 0. The standard InChI is InChI=1S/C18H25FN2O2/c19-16-7-5-14(6-8-16)11-20-9-2-4-17(20)18(23)21-10-1-3-15(12-21)13-22/h5-8,15,17,22H,1-4,9-13H2. The molecule has 0 saturated carbocycles. The number of likely N-dealkylation sites (tertiary alicyclic amines) is 2. The molecular weight excluding hydrogens is 295 g/mol. The summed E-state index contributed by atoms with van der Waals surface area (Å²) >= 11 is 0. The minimum atomic E-state index is -0.230. The second-order valence-corrected chi connectivity index (χ2v) is 6.73. The van der Waals surface area contributed by atoms with Crippen LogP contribution in [0.1, 0.15) is 31.2 Å². The van der Waals surface area contributed by atoms with E-state index in [4.69, 9.17) is 0 Å². The first-order chi connectivity index (χ1) is 11.2. The van der Waals surface area contributed by atoms with Crippen molar-refractivity contribution in [2.24, 2.45) is 5.92 Å². The largest absolute Gasteiger partial charge is 0.396 e. The summed E-state index contributed by atoms with van der Waals surface area (Å²) < 4.78 is 13.0. The zero-order valence-electron chi connectivity index (χ0n) is 13.5. The normalized spacial score (nSPS) is 25.7. The quantitative estimate of drug-likeness (QED) is 0.923. The molecule has 0 bridgehead atoms. The first-order valence-electron chi connectivity index (χ1n) is 8.55. The Morgan fingerprint density at radius 3 is 2.65 bits per heavy atom. The monoisotopic (exact) mass is 320 g/mol. The molecule has 2 aliphatic rings. The van der Waals surface area contributed by atoms with Gasteiger partial charge in [-0.1, -0.05) is 12.1 Å². The summed E-state index contributed by atoms with van der Waals surface area (Å²) in [5.41, 5.74) is 1.04. The van der Waals surface area contributed by atoms with Crippen LogP contribution in [0.25, 0.3) is 0 Å². The van der Waals surface area contributed by atoms with E-state index in [1.165, 1.54) is 12.1 Å². The Bertz CT molecular complexity index is 534. The van der Waals surface area contributed by atoms with E-state index in [1.54, 1.807) is 12.1 Å². The molecule has 3 rings (SSSR count). The number of hydrogen-bond donors (Lipinski definition) is 1. The summed E-state index contributed by atoms with van der Waals surface area (Å²) in [6.07, 6.45) is 3.89. The predicted molar refractivity (Wildman–Crippen MR) is 86.2 cm³/mol. The van der Waals surface area contributed by atoms with Crippen molar-refractivity contribution in [1.82, 2.24) is 9.80 Å². The number of carbonyl (C=O) groups is 1. The molecule has 2 fully saturated rings. The molecule has 2 atom stereocenters. The third-order valence-corrected chi connectivity index (χ3v) is 5.04. The maximum Gasteiger partial charge on any atom is 0.239 e. The van der Waals surface area contributed by atoms with Crippen LogP contribution in [0.15, 0.2) is 24.3 Å². The highest BCUT2D eigenvalue weighted by molar-refractivity contribution is 5.82. The molecule has 1 amide bonds.